The first-order valence-corrected chi connectivity index (χ1v) is 7.52. The lowest BCUT2D eigenvalue weighted by Gasteiger charge is -2.38. The third-order valence-electron chi connectivity index (χ3n) is 4.14. The predicted molar refractivity (Wildman–Crippen MR) is 78.9 cm³/mol. The van der Waals surface area contributed by atoms with Gasteiger partial charge in [0.1, 0.15) is 0 Å². The fourth-order valence-electron chi connectivity index (χ4n) is 2.99. The summed E-state index contributed by atoms with van der Waals surface area (Å²) in [6, 6.07) is 7.86. The van der Waals surface area contributed by atoms with Crippen molar-refractivity contribution in [2.75, 3.05) is 19.7 Å². The van der Waals surface area contributed by atoms with Crippen LogP contribution in [0.4, 0.5) is 0 Å². The molecule has 1 aromatic rings. The van der Waals surface area contributed by atoms with Crippen molar-refractivity contribution in [3.05, 3.63) is 34.9 Å². The van der Waals surface area contributed by atoms with Gasteiger partial charge in [-0.05, 0) is 43.9 Å². The van der Waals surface area contributed by atoms with Crippen LogP contribution in [0.5, 0.6) is 0 Å². The smallest absolute Gasteiger partial charge is 0.226 e. The first-order chi connectivity index (χ1) is 9.46. The third-order valence-corrected chi connectivity index (χ3v) is 4.40. The first kappa shape index (κ1) is 13.9. The zero-order valence-electron chi connectivity index (χ0n) is 11.9. The molecule has 1 saturated heterocycles. The van der Waals surface area contributed by atoms with Gasteiger partial charge >= 0.3 is 0 Å². The molecule has 108 valence electrons. The number of carbonyl (C=O) groups is 1. The Morgan fingerprint density at radius 1 is 1.35 bits per heavy atom. The Labute approximate surface area is 124 Å². The van der Waals surface area contributed by atoms with Crippen molar-refractivity contribution in [2.45, 2.75) is 31.8 Å². The van der Waals surface area contributed by atoms with Gasteiger partial charge in [0, 0.05) is 24.0 Å². The second-order valence-corrected chi connectivity index (χ2v) is 6.80. The lowest BCUT2D eigenvalue weighted by atomic mass is 10.1. The molecular formula is C16H20ClNO2. The molecule has 1 amide bonds. The summed E-state index contributed by atoms with van der Waals surface area (Å²) in [5.41, 5.74) is 0.999. The average molecular weight is 294 g/mol. The van der Waals surface area contributed by atoms with Gasteiger partial charge in [-0.15, -0.1) is 0 Å². The highest BCUT2D eigenvalue weighted by Crippen LogP contribution is 2.48. The van der Waals surface area contributed by atoms with Crippen molar-refractivity contribution < 1.29 is 9.53 Å². The van der Waals surface area contributed by atoms with E-state index in [0.717, 1.165) is 11.4 Å². The third kappa shape index (κ3) is 2.84. The van der Waals surface area contributed by atoms with Crippen LogP contribution in [-0.2, 0) is 9.53 Å². The van der Waals surface area contributed by atoms with Crippen LogP contribution in [0.15, 0.2) is 24.3 Å². The molecule has 0 N–H and O–H groups in total. The van der Waals surface area contributed by atoms with Crippen molar-refractivity contribution in [3.63, 3.8) is 0 Å². The van der Waals surface area contributed by atoms with Gasteiger partial charge in [-0.2, -0.15) is 0 Å². The van der Waals surface area contributed by atoms with E-state index in [1.807, 2.05) is 43.0 Å². The maximum Gasteiger partial charge on any atom is 0.226 e. The molecule has 0 spiro atoms. The highest BCUT2D eigenvalue weighted by atomic mass is 35.5. The van der Waals surface area contributed by atoms with E-state index < -0.39 is 0 Å². The summed E-state index contributed by atoms with van der Waals surface area (Å²) in [7, 11) is 0. The lowest BCUT2D eigenvalue weighted by molar-refractivity contribution is -0.147. The van der Waals surface area contributed by atoms with Crippen molar-refractivity contribution in [1.29, 1.82) is 0 Å². The molecule has 1 aliphatic heterocycles. The van der Waals surface area contributed by atoms with E-state index in [1.165, 1.54) is 5.56 Å². The molecule has 2 atom stereocenters. The summed E-state index contributed by atoms with van der Waals surface area (Å²) in [6.45, 7) is 6.12. The van der Waals surface area contributed by atoms with Crippen LogP contribution >= 0.6 is 11.6 Å². The minimum Gasteiger partial charge on any atom is -0.372 e. The number of nitrogens with zero attached hydrogens (tertiary/aromatic N) is 1. The summed E-state index contributed by atoms with van der Waals surface area (Å²) < 4.78 is 5.66. The predicted octanol–water partition coefficient (Wildman–Crippen LogP) is 3.08. The fourth-order valence-corrected chi connectivity index (χ4v) is 3.11. The Kier molecular flexibility index (Phi) is 3.51. The summed E-state index contributed by atoms with van der Waals surface area (Å²) >= 11 is 5.90. The minimum absolute atomic E-state index is 0.144. The molecule has 1 heterocycles. The van der Waals surface area contributed by atoms with Crippen LogP contribution < -0.4 is 0 Å². The zero-order valence-corrected chi connectivity index (χ0v) is 12.7. The molecule has 1 saturated carbocycles. The zero-order chi connectivity index (χ0) is 14.3. The molecule has 0 bridgehead atoms. The fraction of sp³-hybridized carbons (Fsp3) is 0.562. The van der Waals surface area contributed by atoms with Crippen molar-refractivity contribution >= 4 is 17.5 Å². The van der Waals surface area contributed by atoms with Crippen LogP contribution in [0.2, 0.25) is 5.02 Å². The number of ether oxygens (including phenoxy) is 1. The molecule has 2 fully saturated rings. The number of amides is 1. The number of halogens is 1. The summed E-state index contributed by atoms with van der Waals surface area (Å²) in [6.07, 6.45) is 0.957. The van der Waals surface area contributed by atoms with Gasteiger partial charge in [-0.25, -0.2) is 0 Å². The van der Waals surface area contributed by atoms with E-state index >= 15 is 0 Å². The molecule has 1 aromatic carbocycles. The average Bonchev–Trinajstić information content (AvgIpc) is 3.18. The second-order valence-electron chi connectivity index (χ2n) is 6.37. The lowest BCUT2D eigenvalue weighted by Crippen LogP contribution is -2.51. The standard InChI is InChI=1S/C16H20ClNO2/c1-16(2)10-18(7-8-20-16)15(19)14-9-13(14)11-3-5-12(17)6-4-11/h3-6,13-14H,7-10H2,1-2H3/t13-,14+/m0/s1. The number of benzene rings is 1. The van der Waals surface area contributed by atoms with Gasteiger partial charge in [-0.1, -0.05) is 23.7 Å². The number of hydrogen-bond acceptors (Lipinski definition) is 2. The molecule has 20 heavy (non-hydrogen) atoms. The molecule has 3 rings (SSSR count). The highest BCUT2D eigenvalue weighted by molar-refractivity contribution is 6.30. The van der Waals surface area contributed by atoms with E-state index in [1.54, 1.807) is 0 Å². The van der Waals surface area contributed by atoms with Gasteiger partial charge in [-0.3, -0.25) is 4.79 Å². The van der Waals surface area contributed by atoms with Gasteiger partial charge in [0.15, 0.2) is 0 Å². The van der Waals surface area contributed by atoms with Crippen LogP contribution in [0.1, 0.15) is 31.7 Å². The van der Waals surface area contributed by atoms with Gasteiger partial charge in [0.25, 0.3) is 0 Å². The van der Waals surface area contributed by atoms with Gasteiger partial charge in [0.05, 0.1) is 12.2 Å². The van der Waals surface area contributed by atoms with Crippen molar-refractivity contribution in [3.8, 4) is 0 Å². The quantitative estimate of drug-likeness (QED) is 0.839. The Balaban J connectivity index is 1.64. The monoisotopic (exact) mass is 293 g/mol. The summed E-state index contributed by atoms with van der Waals surface area (Å²) in [5, 5.41) is 0.743. The van der Waals surface area contributed by atoms with E-state index in [9.17, 15) is 4.79 Å². The Morgan fingerprint density at radius 3 is 2.70 bits per heavy atom. The summed E-state index contributed by atoms with van der Waals surface area (Å²) in [5.74, 6) is 0.789. The van der Waals surface area contributed by atoms with E-state index in [4.69, 9.17) is 16.3 Å². The Morgan fingerprint density at radius 2 is 2.05 bits per heavy atom. The van der Waals surface area contributed by atoms with E-state index in [0.29, 0.717) is 25.6 Å². The minimum atomic E-state index is -0.224. The van der Waals surface area contributed by atoms with Crippen molar-refractivity contribution in [2.24, 2.45) is 5.92 Å². The molecule has 1 aliphatic carbocycles. The number of morpholine rings is 1. The number of rotatable bonds is 2. The SMILES string of the molecule is CC1(C)CN(C(=O)[C@@H]2C[C@H]2c2ccc(Cl)cc2)CCO1. The molecule has 0 radical (unpaired) electrons. The molecule has 0 unspecified atom stereocenters. The number of hydrogen-bond donors (Lipinski definition) is 0. The maximum absolute atomic E-state index is 12.5. The van der Waals surface area contributed by atoms with Crippen LogP contribution in [-0.4, -0.2) is 36.1 Å². The topological polar surface area (TPSA) is 29.5 Å². The van der Waals surface area contributed by atoms with E-state index in [-0.39, 0.29) is 17.4 Å². The van der Waals surface area contributed by atoms with E-state index in [2.05, 4.69) is 0 Å². The van der Waals surface area contributed by atoms with Crippen LogP contribution in [0.3, 0.4) is 0 Å². The molecule has 2 aliphatic rings. The highest BCUT2D eigenvalue weighted by Gasteiger charge is 2.46. The van der Waals surface area contributed by atoms with Crippen LogP contribution in [0.25, 0.3) is 0 Å². The Bertz CT molecular complexity index is 512. The first-order valence-electron chi connectivity index (χ1n) is 7.14. The van der Waals surface area contributed by atoms with Gasteiger partial charge < -0.3 is 9.64 Å². The largest absolute Gasteiger partial charge is 0.372 e. The molecule has 4 heteroatoms. The molecule has 0 aromatic heterocycles. The normalized spacial score (nSPS) is 28.2. The molecule has 3 nitrogen and oxygen atoms in total. The number of carbonyl (C=O) groups excluding carboxylic acids is 1. The Hall–Kier alpha value is -1.06. The molecular weight excluding hydrogens is 274 g/mol. The van der Waals surface area contributed by atoms with Crippen molar-refractivity contribution in [1.82, 2.24) is 4.90 Å². The van der Waals surface area contributed by atoms with Crippen LogP contribution in [0, 0.1) is 5.92 Å². The van der Waals surface area contributed by atoms with Gasteiger partial charge in [0.2, 0.25) is 5.91 Å². The summed E-state index contributed by atoms with van der Waals surface area (Å²) in [4.78, 5) is 14.5. The second kappa shape index (κ2) is 5.05. The maximum atomic E-state index is 12.5.